The van der Waals surface area contributed by atoms with Gasteiger partial charge in [-0.2, -0.15) is 0 Å². The van der Waals surface area contributed by atoms with E-state index in [1.54, 1.807) is 0 Å². The first-order chi connectivity index (χ1) is 12.5. The number of carbonyl (C=O) groups is 1. The van der Waals surface area contributed by atoms with Crippen molar-refractivity contribution in [2.45, 2.75) is 39.7 Å². The van der Waals surface area contributed by atoms with Crippen molar-refractivity contribution >= 4 is 5.91 Å². The van der Waals surface area contributed by atoms with Gasteiger partial charge in [-0.3, -0.25) is 9.69 Å². The van der Waals surface area contributed by atoms with Crippen molar-refractivity contribution in [1.82, 2.24) is 19.4 Å². The molecule has 1 fully saturated rings. The molecule has 0 saturated carbocycles. The van der Waals surface area contributed by atoms with Crippen LogP contribution in [0.25, 0.3) is 0 Å². The Morgan fingerprint density at radius 3 is 2.62 bits per heavy atom. The van der Waals surface area contributed by atoms with Gasteiger partial charge in [0.25, 0.3) is 0 Å². The second-order valence-corrected chi connectivity index (χ2v) is 7.52. The highest BCUT2D eigenvalue weighted by Gasteiger charge is 2.21. The molecule has 0 N–H and O–H groups in total. The van der Waals surface area contributed by atoms with Crippen LogP contribution in [0.3, 0.4) is 0 Å². The fourth-order valence-corrected chi connectivity index (χ4v) is 3.59. The first-order valence-electron chi connectivity index (χ1n) is 9.59. The first-order valence-corrected chi connectivity index (χ1v) is 9.59. The Morgan fingerprint density at radius 1 is 1.15 bits per heavy atom. The third-order valence-electron chi connectivity index (χ3n) is 5.08. The molecule has 5 heteroatoms. The van der Waals surface area contributed by atoms with E-state index < -0.39 is 0 Å². The molecular weight excluding hydrogens is 324 g/mol. The number of piperazine rings is 1. The molecular formula is C21H30N4O. The maximum absolute atomic E-state index is 12.5. The Kier molecular flexibility index (Phi) is 6.09. The number of aromatic nitrogens is 2. The lowest BCUT2D eigenvalue weighted by Crippen LogP contribution is -2.49. The summed E-state index contributed by atoms with van der Waals surface area (Å²) in [4.78, 5) is 21.5. The Labute approximate surface area is 156 Å². The number of hydrogen-bond acceptors (Lipinski definition) is 3. The topological polar surface area (TPSA) is 41.4 Å². The van der Waals surface area contributed by atoms with Gasteiger partial charge in [-0.05, 0) is 12.5 Å². The average Bonchev–Trinajstić information content (AvgIpc) is 3.09. The molecule has 0 radical (unpaired) electrons. The van der Waals surface area contributed by atoms with Crippen LogP contribution < -0.4 is 0 Å². The first kappa shape index (κ1) is 18.6. The predicted octanol–water partition coefficient (Wildman–Crippen LogP) is 2.70. The molecule has 1 aliphatic heterocycles. The molecule has 5 nitrogen and oxygen atoms in total. The van der Waals surface area contributed by atoms with Gasteiger partial charge in [0.1, 0.15) is 5.82 Å². The summed E-state index contributed by atoms with van der Waals surface area (Å²) in [5, 5.41) is 0. The minimum atomic E-state index is 0.243. The van der Waals surface area contributed by atoms with E-state index >= 15 is 0 Å². The Bertz CT molecular complexity index is 729. The lowest BCUT2D eigenvalue weighted by molar-refractivity contribution is -0.132. The van der Waals surface area contributed by atoms with Crippen molar-refractivity contribution < 1.29 is 4.79 Å². The van der Waals surface area contributed by atoms with Crippen LogP contribution in [0.15, 0.2) is 36.7 Å². The summed E-state index contributed by atoms with van der Waals surface area (Å²) >= 11 is 0. The molecule has 3 rings (SSSR count). The molecule has 140 valence electrons. The van der Waals surface area contributed by atoms with Crippen molar-refractivity contribution in [3.63, 3.8) is 0 Å². The van der Waals surface area contributed by atoms with Crippen LogP contribution in [0.5, 0.6) is 0 Å². The molecule has 1 amide bonds. The molecule has 0 bridgehead atoms. The molecule has 26 heavy (non-hydrogen) atoms. The minimum Gasteiger partial charge on any atom is -0.340 e. The van der Waals surface area contributed by atoms with Crippen molar-refractivity contribution in [2.24, 2.45) is 0 Å². The van der Waals surface area contributed by atoms with Gasteiger partial charge in [0.2, 0.25) is 5.91 Å². The van der Waals surface area contributed by atoms with E-state index in [1.165, 1.54) is 5.56 Å². The highest BCUT2D eigenvalue weighted by Crippen LogP contribution is 2.13. The van der Waals surface area contributed by atoms with Crippen LogP contribution >= 0.6 is 0 Å². The highest BCUT2D eigenvalue weighted by molar-refractivity contribution is 5.78. The SMILES string of the molecule is Cc1cccc(CC(=O)N2CCN(CCn3ccnc3C(C)C)CC2)c1. The highest BCUT2D eigenvalue weighted by atomic mass is 16.2. The van der Waals surface area contributed by atoms with E-state index in [0.717, 1.165) is 50.7 Å². The third-order valence-corrected chi connectivity index (χ3v) is 5.08. The number of imidazole rings is 1. The fourth-order valence-electron chi connectivity index (χ4n) is 3.59. The largest absolute Gasteiger partial charge is 0.340 e. The lowest BCUT2D eigenvalue weighted by Gasteiger charge is -2.35. The van der Waals surface area contributed by atoms with Gasteiger partial charge in [-0.15, -0.1) is 0 Å². The van der Waals surface area contributed by atoms with Gasteiger partial charge < -0.3 is 9.47 Å². The van der Waals surface area contributed by atoms with Crippen molar-refractivity contribution in [1.29, 1.82) is 0 Å². The van der Waals surface area contributed by atoms with E-state index in [2.05, 4.69) is 53.6 Å². The number of nitrogens with zero attached hydrogens (tertiary/aromatic N) is 4. The van der Waals surface area contributed by atoms with Crippen LogP contribution in [-0.2, 0) is 17.8 Å². The van der Waals surface area contributed by atoms with Crippen molar-refractivity contribution in [2.75, 3.05) is 32.7 Å². The van der Waals surface area contributed by atoms with Gasteiger partial charge in [-0.1, -0.05) is 43.7 Å². The summed E-state index contributed by atoms with van der Waals surface area (Å²) in [6, 6.07) is 8.24. The number of carbonyl (C=O) groups excluding carboxylic acids is 1. The molecule has 1 saturated heterocycles. The number of rotatable bonds is 6. The molecule has 0 aliphatic carbocycles. The summed E-state index contributed by atoms with van der Waals surface area (Å²) in [6.07, 6.45) is 4.46. The molecule has 0 unspecified atom stereocenters. The second kappa shape index (κ2) is 8.49. The Balaban J connectivity index is 1.45. The van der Waals surface area contributed by atoms with E-state index in [4.69, 9.17) is 0 Å². The van der Waals surface area contributed by atoms with Gasteiger partial charge >= 0.3 is 0 Å². The molecule has 1 aromatic carbocycles. The molecule has 2 aromatic rings. The maximum Gasteiger partial charge on any atom is 0.227 e. The second-order valence-electron chi connectivity index (χ2n) is 7.52. The van der Waals surface area contributed by atoms with Crippen LogP contribution in [0.1, 0.15) is 36.7 Å². The summed E-state index contributed by atoms with van der Waals surface area (Å²) in [6.45, 7) is 11.9. The van der Waals surface area contributed by atoms with Crippen LogP contribution in [0, 0.1) is 6.92 Å². The van der Waals surface area contributed by atoms with E-state index in [9.17, 15) is 4.79 Å². The monoisotopic (exact) mass is 354 g/mol. The zero-order valence-electron chi connectivity index (χ0n) is 16.2. The van der Waals surface area contributed by atoms with Gasteiger partial charge in [-0.25, -0.2) is 4.98 Å². The Hall–Kier alpha value is -2.14. The maximum atomic E-state index is 12.5. The number of benzene rings is 1. The smallest absolute Gasteiger partial charge is 0.227 e. The third kappa shape index (κ3) is 4.73. The van der Waals surface area contributed by atoms with E-state index in [1.807, 2.05) is 23.2 Å². The molecule has 0 atom stereocenters. The van der Waals surface area contributed by atoms with Crippen LogP contribution in [0.4, 0.5) is 0 Å². The molecule has 2 heterocycles. The van der Waals surface area contributed by atoms with E-state index in [0.29, 0.717) is 12.3 Å². The van der Waals surface area contributed by atoms with Gasteiger partial charge in [0.15, 0.2) is 0 Å². The quantitative estimate of drug-likeness (QED) is 0.801. The molecule has 0 spiro atoms. The number of aryl methyl sites for hydroxylation is 1. The summed E-state index contributed by atoms with van der Waals surface area (Å²) < 4.78 is 2.25. The van der Waals surface area contributed by atoms with Crippen LogP contribution in [0.2, 0.25) is 0 Å². The summed E-state index contributed by atoms with van der Waals surface area (Å²) in [5.74, 6) is 1.84. The van der Waals surface area contributed by atoms with Crippen molar-refractivity contribution in [3.05, 3.63) is 53.6 Å². The zero-order chi connectivity index (χ0) is 18.5. The zero-order valence-corrected chi connectivity index (χ0v) is 16.2. The van der Waals surface area contributed by atoms with Gasteiger partial charge in [0, 0.05) is 57.6 Å². The van der Waals surface area contributed by atoms with Crippen molar-refractivity contribution in [3.8, 4) is 0 Å². The fraction of sp³-hybridized carbons (Fsp3) is 0.524. The Morgan fingerprint density at radius 2 is 1.92 bits per heavy atom. The van der Waals surface area contributed by atoms with E-state index in [-0.39, 0.29) is 5.91 Å². The lowest BCUT2D eigenvalue weighted by atomic mass is 10.1. The van der Waals surface area contributed by atoms with Gasteiger partial charge in [0.05, 0.1) is 6.42 Å². The normalized spacial score (nSPS) is 15.6. The number of hydrogen-bond donors (Lipinski definition) is 0. The van der Waals surface area contributed by atoms with Crippen LogP contribution in [-0.4, -0.2) is 58.0 Å². The summed E-state index contributed by atoms with van der Waals surface area (Å²) in [5.41, 5.74) is 2.32. The minimum absolute atomic E-state index is 0.243. The predicted molar refractivity (Wildman–Crippen MR) is 104 cm³/mol. The molecule has 1 aromatic heterocycles. The average molecular weight is 354 g/mol. The number of amides is 1. The molecule has 1 aliphatic rings. The standard InChI is InChI=1S/C21H30N4O/c1-17(2)21-22-7-8-25(21)14-11-23-9-12-24(13-10-23)20(26)16-19-6-4-5-18(3)15-19/h4-8,15,17H,9-14,16H2,1-3H3. The summed E-state index contributed by atoms with van der Waals surface area (Å²) in [7, 11) is 0.